The van der Waals surface area contributed by atoms with Crippen molar-refractivity contribution in [2.75, 3.05) is 26.9 Å². The summed E-state index contributed by atoms with van der Waals surface area (Å²) in [5.74, 6) is 2.31. The van der Waals surface area contributed by atoms with E-state index in [1.165, 1.54) is 5.56 Å². The summed E-state index contributed by atoms with van der Waals surface area (Å²) in [6, 6.07) is 14.1. The molecule has 0 aromatic heterocycles. The minimum absolute atomic E-state index is 0.457. The summed E-state index contributed by atoms with van der Waals surface area (Å²) in [5, 5.41) is 0. The first kappa shape index (κ1) is 18.1. The van der Waals surface area contributed by atoms with E-state index in [0.717, 1.165) is 42.1 Å². The number of hydrogen-bond acceptors (Lipinski definition) is 4. The van der Waals surface area contributed by atoms with Gasteiger partial charge in [0.25, 0.3) is 0 Å². The van der Waals surface area contributed by atoms with Gasteiger partial charge in [0.1, 0.15) is 19.0 Å². The van der Waals surface area contributed by atoms with E-state index >= 15 is 0 Å². The van der Waals surface area contributed by atoms with Crippen LogP contribution in [-0.4, -0.2) is 26.9 Å². The Bertz CT molecular complexity index is 611. The average Bonchev–Trinajstić information content (AvgIpc) is 2.61. The summed E-state index contributed by atoms with van der Waals surface area (Å²) in [6.07, 6.45) is 3.07. The van der Waals surface area contributed by atoms with Gasteiger partial charge in [-0.1, -0.05) is 31.5 Å². The summed E-state index contributed by atoms with van der Waals surface area (Å²) in [4.78, 5) is 0. The zero-order valence-electron chi connectivity index (χ0n) is 14.6. The molecule has 0 spiro atoms. The molecule has 0 saturated carbocycles. The third kappa shape index (κ3) is 5.46. The Labute approximate surface area is 144 Å². The van der Waals surface area contributed by atoms with E-state index in [9.17, 15) is 0 Å². The Hall–Kier alpha value is -2.20. The van der Waals surface area contributed by atoms with E-state index in [2.05, 4.69) is 19.1 Å². The number of benzene rings is 2. The molecule has 0 bridgehead atoms. The number of aryl methyl sites for hydroxylation is 1. The van der Waals surface area contributed by atoms with Crippen molar-refractivity contribution in [3.63, 3.8) is 0 Å². The highest BCUT2D eigenvalue weighted by molar-refractivity contribution is 5.43. The maximum Gasteiger partial charge on any atom is 0.161 e. The van der Waals surface area contributed by atoms with Gasteiger partial charge in [0.15, 0.2) is 11.5 Å². The van der Waals surface area contributed by atoms with Gasteiger partial charge in [-0.05, 0) is 54.8 Å². The van der Waals surface area contributed by atoms with Gasteiger partial charge in [-0.15, -0.1) is 0 Å². The third-order valence-corrected chi connectivity index (χ3v) is 3.73. The van der Waals surface area contributed by atoms with Crippen molar-refractivity contribution in [2.45, 2.75) is 26.2 Å². The van der Waals surface area contributed by atoms with Crippen molar-refractivity contribution in [1.29, 1.82) is 0 Å². The van der Waals surface area contributed by atoms with Crippen molar-refractivity contribution in [3.05, 3.63) is 53.6 Å². The predicted molar refractivity (Wildman–Crippen MR) is 97.2 cm³/mol. The molecule has 2 aromatic rings. The van der Waals surface area contributed by atoms with Crippen LogP contribution in [0.1, 0.15) is 24.5 Å². The molecule has 0 aliphatic heterocycles. The van der Waals surface area contributed by atoms with Gasteiger partial charge in [-0.2, -0.15) is 0 Å². The molecular formula is C20H27NO3. The molecule has 2 rings (SSSR count). The Morgan fingerprint density at radius 1 is 0.833 bits per heavy atom. The first-order valence-electron chi connectivity index (χ1n) is 8.48. The molecule has 2 N–H and O–H groups in total. The molecule has 0 fully saturated rings. The summed E-state index contributed by atoms with van der Waals surface area (Å²) < 4.78 is 16.9. The lowest BCUT2D eigenvalue weighted by Crippen LogP contribution is -2.10. The Balaban J connectivity index is 1.83. The maximum atomic E-state index is 5.81. The fourth-order valence-corrected chi connectivity index (χ4v) is 2.51. The zero-order chi connectivity index (χ0) is 17.2. The highest BCUT2D eigenvalue weighted by atomic mass is 16.5. The number of ether oxygens (including phenoxy) is 3. The lowest BCUT2D eigenvalue weighted by Gasteiger charge is -2.13. The molecule has 130 valence electrons. The fourth-order valence-electron chi connectivity index (χ4n) is 2.51. The van der Waals surface area contributed by atoms with Crippen LogP contribution in [0.15, 0.2) is 42.5 Å². The minimum atomic E-state index is 0.457. The van der Waals surface area contributed by atoms with Gasteiger partial charge >= 0.3 is 0 Å². The predicted octanol–water partition coefficient (Wildman–Crippen LogP) is 3.61. The first-order chi connectivity index (χ1) is 11.8. The smallest absolute Gasteiger partial charge is 0.161 e. The van der Waals surface area contributed by atoms with E-state index < -0.39 is 0 Å². The SMILES string of the molecule is CCCc1ccc(OCCOc2cc(CCN)ccc2OC)cc1. The number of methoxy groups -OCH3 is 1. The molecule has 4 heteroatoms. The summed E-state index contributed by atoms with van der Waals surface area (Å²) in [5.41, 5.74) is 8.08. The van der Waals surface area contributed by atoms with Gasteiger partial charge in [0.2, 0.25) is 0 Å². The standard InChI is InChI=1S/C20H27NO3/c1-3-4-16-5-8-18(9-6-16)23-13-14-24-20-15-17(11-12-21)7-10-19(20)22-2/h5-10,15H,3-4,11-14,21H2,1-2H3. The second kappa shape index (κ2) is 9.83. The molecular weight excluding hydrogens is 302 g/mol. The average molecular weight is 329 g/mol. The molecule has 0 amide bonds. The summed E-state index contributed by atoms with van der Waals surface area (Å²) >= 11 is 0. The monoisotopic (exact) mass is 329 g/mol. The lowest BCUT2D eigenvalue weighted by molar-refractivity contribution is 0.211. The van der Waals surface area contributed by atoms with Gasteiger partial charge < -0.3 is 19.9 Å². The molecule has 0 atom stereocenters. The first-order valence-corrected chi connectivity index (χ1v) is 8.48. The molecule has 0 heterocycles. The Kier molecular flexibility index (Phi) is 7.43. The van der Waals surface area contributed by atoms with Crippen LogP contribution in [0.2, 0.25) is 0 Å². The van der Waals surface area contributed by atoms with Crippen molar-refractivity contribution >= 4 is 0 Å². The Morgan fingerprint density at radius 2 is 1.54 bits per heavy atom. The van der Waals surface area contributed by atoms with Gasteiger partial charge in [0, 0.05) is 0 Å². The third-order valence-electron chi connectivity index (χ3n) is 3.73. The molecule has 0 aliphatic carbocycles. The summed E-state index contributed by atoms with van der Waals surface area (Å²) in [7, 11) is 1.64. The molecule has 0 unspecified atom stereocenters. The lowest BCUT2D eigenvalue weighted by atomic mass is 10.1. The summed E-state index contributed by atoms with van der Waals surface area (Å²) in [6.45, 7) is 3.73. The van der Waals surface area contributed by atoms with E-state index in [1.54, 1.807) is 7.11 Å². The van der Waals surface area contributed by atoms with Crippen LogP contribution in [0.25, 0.3) is 0 Å². The number of hydrogen-bond donors (Lipinski definition) is 1. The highest BCUT2D eigenvalue weighted by Gasteiger charge is 2.06. The van der Waals surface area contributed by atoms with Gasteiger partial charge in [0.05, 0.1) is 7.11 Å². The van der Waals surface area contributed by atoms with Crippen LogP contribution in [-0.2, 0) is 12.8 Å². The quantitative estimate of drug-likeness (QED) is 0.677. The Morgan fingerprint density at radius 3 is 2.21 bits per heavy atom. The number of nitrogens with two attached hydrogens (primary N) is 1. The van der Waals surface area contributed by atoms with E-state index in [-0.39, 0.29) is 0 Å². The number of rotatable bonds is 10. The van der Waals surface area contributed by atoms with Crippen molar-refractivity contribution in [1.82, 2.24) is 0 Å². The van der Waals surface area contributed by atoms with Crippen molar-refractivity contribution < 1.29 is 14.2 Å². The van der Waals surface area contributed by atoms with Crippen molar-refractivity contribution in [3.8, 4) is 17.2 Å². The van der Waals surface area contributed by atoms with E-state index in [4.69, 9.17) is 19.9 Å². The van der Waals surface area contributed by atoms with Gasteiger partial charge in [-0.3, -0.25) is 0 Å². The van der Waals surface area contributed by atoms with Crippen LogP contribution in [0.4, 0.5) is 0 Å². The molecule has 0 saturated heterocycles. The molecule has 0 radical (unpaired) electrons. The second-order valence-corrected chi connectivity index (χ2v) is 5.61. The van der Waals surface area contributed by atoms with Crippen molar-refractivity contribution in [2.24, 2.45) is 5.73 Å². The molecule has 0 aliphatic rings. The second-order valence-electron chi connectivity index (χ2n) is 5.61. The van der Waals surface area contributed by atoms with Crippen LogP contribution in [0.3, 0.4) is 0 Å². The molecule has 24 heavy (non-hydrogen) atoms. The minimum Gasteiger partial charge on any atom is -0.493 e. The van der Waals surface area contributed by atoms with Crippen LogP contribution >= 0.6 is 0 Å². The highest BCUT2D eigenvalue weighted by Crippen LogP contribution is 2.28. The zero-order valence-corrected chi connectivity index (χ0v) is 14.6. The van der Waals surface area contributed by atoms with E-state index in [0.29, 0.717) is 19.8 Å². The van der Waals surface area contributed by atoms with Gasteiger partial charge in [-0.25, -0.2) is 0 Å². The maximum absolute atomic E-state index is 5.81. The van der Waals surface area contributed by atoms with E-state index in [1.807, 2.05) is 30.3 Å². The van der Waals surface area contributed by atoms with Crippen LogP contribution < -0.4 is 19.9 Å². The van der Waals surface area contributed by atoms with Crippen LogP contribution in [0.5, 0.6) is 17.2 Å². The van der Waals surface area contributed by atoms with Crippen LogP contribution in [0, 0.1) is 0 Å². The molecule has 2 aromatic carbocycles. The largest absolute Gasteiger partial charge is 0.493 e. The molecule has 4 nitrogen and oxygen atoms in total. The normalized spacial score (nSPS) is 10.5. The topological polar surface area (TPSA) is 53.7 Å². The fraction of sp³-hybridized carbons (Fsp3) is 0.400.